The van der Waals surface area contributed by atoms with Crippen LogP contribution in [0.3, 0.4) is 0 Å². The lowest BCUT2D eigenvalue weighted by molar-refractivity contribution is -0.108. The Bertz CT molecular complexity index is 398. The smallest absolute Gasteiger partial charge is 0.120 e. The highest BCUT2D eigenvalue weighted by atomic mass is 35.5. The number of hydrogen-bond acceptors (Lipinski definition) is 1. The van der Waals surface area contributed by atoms with Crippen LogP contribution in [0.4, 0.5) is 0 Å². The van der Waals surface area contributed by atoms with E-state index in [-0.39, 0.29) is 5.92 Å². The van der Waals surface area contributed by atoms with Crippen LogP contribution >= 0.6 is 11.6 Å². The first-order chi connectivity index (χ1) is 7.72. The minimum absolute atomic E-state index is 0.280. The van der Waals surface area contributed by atoms with Crippen molar-refractivity contribution in [3.05, 3.63) is 33.8 Å². The zero-order chi connectivity index (χ0) is 11.5. The lowest BCUT2D eigenvalue weighted by Gasteiger charge is -2.20. The summed E-state index contributed by atoms with van der Waals surface area (Å²) in [6.45, 7) is 2.08. The molecule has 1 aromatic rings. The topological polar surface area (TPSA) is 17.1 Å². The van der Waals surface area contributed by atoms with Crippen molar-refractivity contribution in [1.82, 2.24) is 0 Å². The maximum Gasteiger partial charge on any atom is 0.120 e. The molecule has 0 aliphatic heterocycles. The van der Waals surface area contributed by atoms with E-state index in [1.165, 1.54) is 29.5 Å². The Hall–Kier alpha value is -0.820. The molecular weight excluding hydrogens is 220 g/mol. The molecule has 0 radical (unpaired) electrons. The SMILES string of the molecule is CC(CC=O)c1cc(Cl)c2c(c1)CCCC2. The third-order valence-corrected chi connectivity index (χ3v) is 3.79. The second-order valence-electron chi connectivity index (χ2n) is 4.65. The summed E-state index contributed by atoms with van der Waals surface area (Å²) >= 11 is 6.30. The Morgan fingerprint density at radius 3 is 2.88 bits per heavy atom. The van der Waals surface area contributed by atoms with Gasteiger partial charge in [-0.05, 0) is 54.4 Å². The molecule has 1 aliphatic rings. The van der Waals surface area contributed by atoms with Crippen molar-refractivity contribution in [1.29, 1.82) is 0 Å². The van der Waals surface area contributed by atoms with Gasteiger partial charge < -0.3 is 4.79 Å². The standard InChI is InChI=1S/C14H17ClO/c1-10(6-7-16)12-8-11-4-2-3-5-13(11)14(15)9-12/h7-10H,2-6H2,1H3. The molecule has 0 amide bonds. The van der Waals surface area contributed by atoms with E-state index in [0.717, 1.165) is 24.2 Å². The molecule has 1 aromatic carbocycles. The molecule has 2 heteroatoms. The van der Waals surface area contributed by atoms with Crippen molar-refractivity contribution in [2.45, 2.75) is 44.9 Å². The molecule has 0 heterocycles. The van der Waals surface area contributed by atoms with E-state index >= 15 is 0 Å². The number of aldehydes is 1. The summed E-state index contributed by atoms with van der Waals surface area (Å²) in [6.07, 6.45) is 6.31. The lowest BCUT2D eigenvalue weighted by atomic mass is 9.87. The van der Waals surface area contributed by atoms with Gasteiger partial charge in [-0.1, -0.05) is 24.6 Å². The highest BCUT2D eigenvalue weighted by Gasteiger charge is 2.15. The van der Waals surface area contributed by atoms with Gasteiger partial charge in [0.1, 0.15) is 6.29 Å². The van der Waals surface area contributed by atoms with Crippen molar-refractivity contribution in [3.8, 4) is 0 Å². The molecule has 0 aromatic heterocycles. The molecule has 1 aliphatic carbocycles. The number of hydrogen-bond donors (Lipinski definition) is 0. The van der Waals surface area contributed by atoms with Gasteiger partial charge in [0.15, 0.2) is 0 Å². The number of carbonyl (C=O) groups excluding carboxylic acids is 1. The van der Waals surface area contributed by atoms with Gasteiger partial charge >= 0.3 is 0 Å². The third-order valence-electron chi connectivity index (χ3n) is 3.45. The lowest BCUT2D eigenvalue weighted by Crippen LogP contribution is -2.06. The molecule has 0 spiro atoms. The maximum absolute atomic E-state index is 10.5. The normalized spacial score (nSPS) is 16.6. The van der Waals surface area contributed by atoms with Gasteiger partial charge in [-0.15, -0.1) is 0 Å². The number of rotatable bonds is 3. The molecule has 16 heavy (non-hydrogen) atoms. The van der Waals surface area contributed by atoms with Crippen molar-refractivity contribution in [2.24, 2.45) is 0 Å². The Morgan fingerprint density at radius 1 is 1.38 bits per heavy atom. The summed E-state index contributed by atoms with van der Waals surface area (Å²) in [6, 6.07) is 4.29. The summed E-state index contributed by atoms with van der Waals surface area (Å²) < 4.78 is 0. The van der Waals surface area contributed by atoms with Crippen molar-refractivity contribution in [2.75, 3.05) is 0 Å². The molecule has 1 unspecified atom stereocenters. The summed E-state index contributed by atoms with van der Waals surface area (Å²) in [7, 11) is 0. The molecule has 1 nitrogen and oxygen atoms in total. The van der Waals surface area contributed by atoms with Gasteiger partial charge in [-0.2, -0.15) is 0 Å². The molecule has 0 N–H and O–H groups in total. The van der Waals surface area contributed by atoms with Crippen LogP contribution in [0.25, 0.3) is 0 Å². The molecule has 2 rings (SSSR count). The minimum Gasteiger partial charge on any atom is -0.303 e. The van der Waals surface area contributed by atoms with Crippen LogP contribution in [0.1, 0.15) is 48.8 Å². The molecular formula is C14H17ClO. The van der Waals surface area contributed by atoms with E-state index in [4.69, 9.17) is 11.6 Å². The molecule has 1 atom stereocenters. The van der Waals surface area contributed by atoms with Crippen molar-refractivity contribution < 1.29 is 4.79 Å². The van der Waals surface area contributed by atoms with Gasteiger partial charge in [0.25, 0.3) is 0 Å². The third kappa shape index (κ3) is 2.30. The van der Waals surface area contributed by atoms with Crippen LogP contribution in [0.15, 0.2) is 12.1 Å². The number of fused-ring (bicyclic) bond motifs is 1. The fourth-order valence-electron chi connectivity index (χ4n) is 2.40. The monoisotopic (exact) mass is 236 g/mol. The highest BCUT2D eigenvalue weighted by Crippen LogP contribution is 2.32. The van der Waals surface area contributed by atoms with E-state index in [1.807, 2.05) is 6.07 Å². The van der Waals surface area contributed by atoms with Gasteiger partial charge in [0, 0.05) is 11.4 Å². The van der Waals surface area contributed by atoms with Gasteiger partial charge in [0.05, 0.1) is 0 Å². The van der Waals surface area contributed by atoms with Crippen LogP contribution in [-0.4, -0.2) is 6.29 Å². The maximum atomic E-state index is 10.5. The van der Waals surface area contributed by atoms with E-state index in [2.05, 4.69) is 13.0 Å². The first kappa shape index (κ1) is 11.7. The average Bonchev–Trinajstić information content (AvgIpc) is 2.29. The van der Waals surface area contributed by atoms with E-state index < -0.39 is 0 Å². The number of carbonyl (C=O) groups is 1. The second kappa shape index (κ2) is 5.01. The largest absolute Gasteiger partial charge is 0.303 e. The Morgan fingerprint density at radius 2 is 2.12 bits per heavy atom. The fraction of sp³-hybridized carbons (Fsp3) is 0.500. The average molecular weight is 237 g/mol. The Balaban J connectivity index is 2.34. The second-order valence-corrected chi connectivity index (χ2v) is 5.06. The first-order valence-electron chi connectivity index (χ1n) is 5.97. The number of halogens is 1. The van der Waals surface area contributed by atoms with E-state index in [1.54, 1.807) is 0 Å². The summed E-state index contributed by atoms with van der Waals surface area (Å²) in [5.41, 5.74) is 3.93. The molecule has 0 saturated carbocycles. The molecule has 0 fully saturated rings. The Labute approximate surface area is 102 Å². The number of benzene rings is 1. The first-order valence-corrected chi connectivity index (χ1v) is 6.35. The predicted octanol–water partition coefficient (Wildman–Crippen LogP) is 3.91. The predicted molar refractivity (Wildman–Crippen MR) is 67.2 cm³/mol. The van der Waals surface area contributed by atoms with Gasteiger partial charge in [-0.3, -0.25) is 0 Å². The molecule has 0 saturated heterocycles. The summed E-state index contributed by atoms with van der Waals surface area (Å²) in [5, 5.41) is 0.893. The Kier molecular flexibility index (Phi) is 3.65. The van der Waals surface area contributed by atoms with Crippen molar-refractivity contribution >= 4 is 17.9 Å². The number of aryl methyl sites for hydroxylation is 1. The quantitative estimate of drug-likeness (QED) is 0.728. The van der Waals surface area contributed by atoms with Gasteiger partial charge in [0.2, 0.25) is 0 Å². The zero-order valence-electron chi connectivity index (χ0n) is 9.63. The van der Waals surface area contributed by atoms with E-state index in [0.29, 0.717) is 6.42 Å². The van der Waals surface area contributed by atoms with Crippen molar-refractivity contribution in [3.63, 3.8) is 0 Å². The van der Waals surface area contributed by atoms with Crippen LogP contribution in [0.2, 0.25) is 5.02 Å². The van der Waals surface area contributed by atoms with Crippen LogP contribution in [-0.2, 0) is 17.6 Å². The molecule has 0 bridgehead atoms. The summed E-state index contributed by atoms with van der Waals surface area (Å²) in [5.74, 6) is 0.280. The summed E-state index contributed by atoms with van der Waals surface area (Å²) in [4.78, 5) is 10.5. The van der Waals surface area contributed by atoms with Crippen LogP contribution in [0.5, 0.6) is 0 Å². The van der Waals surface area contributed by atoms with Crippen LogP contribution in [0, 0.1) is 0 Å². The van der Waals surface area contributed by atoms with E-state index in [9.17, 15) is 4.79 Å². The fourth-order valence-corrected chi connectivity index (χ4v) is 2.74. The van der Waals surface area contributed by atoms with Gasteiger partial charge in [-0.25, -0.2) is 0 Å². The van der Waals surface area contributed by atoms with Crippen LogP contribution < -0.4 is 0 Å². The highest BCUT2D eigenvalue weighted by molar-refractivity contribution is 6.31. The molecule has 86 valence electrons. The zero-order valence-corrected chi connectivity index (χ0v) is 10.4. The minimum atomic E-state index is 0.280.